The van der Waals surface area contributed by atoms with E-state index in [0.29, 0.717) is 32.5 Å². The van der Waals surface area contributed by atoms with E-state index in [9.17, 15) is 0 Å². The van der Waals surface area contributed by atoms with Crippen molar-refractivity contribution in [3.63, 3.8) is 0 Å². The molecule has 0 aliphatic carbocycles. The van der Waals surface area contributed by atoms with Gasteiger partial charge in [-0.2, -0.15) is 0 Å². The summed E-state index contributed by atoms with van der Waals surface area (Å²) in [5.41, 5.74) is 0. The zero-order valence-corrected chi connectivity index (χ0v) is 11.8. The molecular formula is C10H24O5Si. The maximum atomic E-state index is 5.66. The van der Waals surface area contributed by atoms with Crippen LogP contribution in [0.5, 0.6) is 0 Å². The lowest BCUT2D eigenvalue weighted by atomic mass is 10.9. The van der Waals surface area contributed by atoms with E-state index in [1.165, 1.54) is 0 Å². The standard InChI is InChI=1S/C10H24O5Si/c1-5-13-16(14-6-2,15-7-3)9-8-12-10-11-4/h5-10H2,1-4H3. The van der Waals surface area contributed by atoms with E-state index in [1.54, 1.807) is 7.11 Å². The maximum absolute atomic E-state index is 5.66. The quantitative estimate of drug-likeness (QED) is 0.318. The summed E-state index contributed by atoms with van der Waals surface area (Å²) < 4.78 is 27.0. The first-order valence-corrected chi connectivity index (χ1v) is 7.66. The van der Waals surface area contributed by atoms with Crippen molar-refractivity contribution >= 4 is 8.80 Å². The molecule has 0 aromatic carbocycles. The minimum absolute atomic E-state index is 0.287. The van der Waals surface area contributed by atoms with Gasteiger partial charge in [-0.15, -0.1) is 0 Å². The van der Waals surface area contributed by atoms with Crippen LogP contribution in [0.15, 0.2) is 0 Å². The third kappa shape index (κ3) is 6.57. The van der Waals surface area contributed by atoms with Crippen LogP contribution in [0.3, 0.4) is 0 Å². The fourth-order valence-electron chi connectivity index (χ4n) is 1.34. The van der Waals surface area contributed by atoms with Crippen molar-refractivity contribution < 1.29 is 22.8 Å². The van der Waals surface area contributed by atoms with Crippen LogP contribution in [-0.4, -0.2) is 49.1 Å². The third-order valence-corrected chi connectivity index (χ3v) is 4.85. The molecule has 0 radical (unpaired) electrons. The molecule has 0 aliphatic heterocycles. The van der Waals surface area contributed by atoms with Crippen molar-refractivity contribution in [3.8, 4) is 0 Å². The van der Waals surface area contributed by atoms with Crippen molar-refractivity contribution in [1.29, 1.82) is 0 Å². The van der Waals surface area contributed by atoms with Crippen LogP contribution in [-0.2, 0) is 22.8 Å². The monoisotopic (exact) mass is 252 g/mol. The average molecular weight is 252 g/mol. The Morgan fingerprint density at radius 2 is 1.38 bits per heavy atom. The van der Waals surface area contributed by atoms with Crippen LogP contribution in [0, 0.1) is 0 Å². The molecule has 0 fully saturated rings. The molecule has 0 saturated carbocycles. The minimum atomic E-state index is -2.53. The highest BCUT2D eigenvalue weighted by Crippen LogP contribution is 2.15. The summed E-state index contributed by atoms with van der Waals surface area (Å²) in [6.45, 7) is 8.42. The van der Waals surface area contributed by atoms with Crippen LogP contribution in [0.25, 0.3) is 0 Å². The van der Waals surface area contributed by atoms with E-state index in [4.69, 9.17) is 22.8 Å². The maximum Gasteiger partial charge on any atom is 0.503 e. The Morgan fingerprint density at radius 3 is 1.75 bits per heavy atom. The molecule has 0 bridgehead atoms. The third-order valence-electron chi connectivity index (χ3n) is 1.85. The first-order valence-electron chi connectivity index (χ1n) is 5.73. The number of hydrogen-bond donors (Lipinski definition) is 0. The lowest BCUT2D eigenvalue weighted by molar-refractivity contribution is -0.0312. The highest BCUT2D eigenvalue weighted by atomic mass is 28.4. The first kappa shape index (κ1) is 16.0. The highest BCUT2D eigenvalue weighted by molar-refractivity contribution is 6.60. The molecule has 98 valence electrons. The topological polar surface area (TPSA) is 46.2 Å². The SMILES string of the molecule is CCO[Si](CCOCOC)(OCC)OCC. The Morgan fingerprint density at radius 1 is 0.875 bits per heavy atom. The molecule has 16 heavy (non-hydrogen) atoms. The van der Waals surface area contributed by atoms with E-state index in [1.807, 2.05) is 20.8 Å². The molecule has 0 heterocycles. The van der Waals surface area contributed by atoms with Crippen molar-refractivity contribution in [2.75, 3.05) is 40.3 Å². The van der Waals surface area contributed by atoms with Crippen molar-refractivity contribution in [1.82, 2.24) is 0 Å². The Balaban J connectivity index is 4.12. The van der Waals surface area contributed by atoms with Crippen LogP contribution >= 0.6 is 0 Å². The summed E-state index contributed by atoms with van der Waals surface area (Å²) in [6.07, 6.45) is 0. The van der Waals surface area contributed by atoms with Gasteiger partial charge in [0.2, 0.25) is 0 Å². The zero-order chi connectivity index (χ0) is 12.3. The molecular weight excluding hydrogens is 228 g/mol. The van der Waals surface area contributed by atoms with E-state index in [-0.39, 0.29) is 6.79 Å². The normalized spacial score (nSPS) is 12.0. The van der Waals surface area contributed by atoms with Crippen molar-refractivity contribution in [2.45, 2.75) is 26.8 Å². The zero-order valence-electron chi connectivity index (χ0n) is 10.8. The average Bonchev–Trinajstić information content (AvgIpc) is 2.26. The van der Waals surface area contributed by atoms with Gasteiger partial charge in [0.05, 0.1) is 6.61 Å². The molecule has 0 unspecified atom stereocenters. The van der Waals surface area contributed by atoms with Gasteiger partial charge in [0.1, 0.15) is 6.79 Å². The van der Waals surface area contributed by atoms with Crippen LogP contribution in [0.2, 0.25) is 6.04 Å². The smallest absolute Gasteiger partial charge is 0.374 e. The molecule has 0 atom stereocenters. The van der Waals surface area contributed by atoms with Gasteiger partial charge in [-0.1, -0.05) is 0 Å². The molecule has 0 aromatic rings. The largest absolute Gasteiger partial charge is 0.503 e. The summed E-state index contributed by atoms with van der Waals surface area (Å²) in [4.78, 5) is 0. The number of hydrogen-bond acceptors (Lipinski definition) is 5. The molecule has 5 nitrogen and oxygen atoms in total. The summed E-state index contributed by atoms with van der Waals surface area (Å²) in [6, 6.07) is 0.659. The van der Waals surface area contributed by atoms with Crippen LogP contribution in [0.1, 0.15) is 20.8 Å². The van der Waals surface area contributed by atoms with Gasteiger partial charge in [-0.05, 0) is 20.8 Å². The summed E-state index contributed by atoms with van der Waals surface area (Å²) in [7, 11) is -0.931. The second kappa shape index (κ2) is 10.2. The van der Waals surface area contributed by atoms with E-state index in [2.05, 4.69) is 0 Å². The molecule has 0 aromatic heterocycles. The molecule has 0 rings (SSSR count). The molecule has 0 saturated heterocycles. The summed E-state index contributed by atoms with van der Waals surface area (Å²) >= 11 is 0. The minimum Gasteiger partial charge on any atom is -0.374 e. The fourth-order valence-corrected chi connectivity index (χ4v) is 3.74. The number of ether oxygens (including phenoxy) is 2. The predicted octanol–water partition coefficient (Wildman–Crippen LogP) is 1.66. The molecule has 0 amide bonds. The second-order valence-corrected chi connectivity index (χ2v) is 5.78. The van der Waals surface area contributed by atoms with Gasteiger partial charge < -0.3 is 22.8 Å². The van der Waals surface area contributed by atoms with Gasteiger partial charge in [0.15, 0.2) is 0 Å². The number of rotatable bonds is 11. The van der Waals surface area contributed by atoms with E-state index in [0.717, 1.165) is 0 Å². The van der Waals surface area contributed by atoms with Gasteiger partial charge in [0.25, 0.3) is 0 Å². The molecule has 0 N–H and O–H groups in total. The lowest BCUT2D eigenvalue weighted by Crippen LogP contribution is -2.46. The molecule has 0 aliphatic rings. The lowest BCUT2D eigenvalue weighted by Gasteiger charge is -2.28. The Kier molecular flexibility index (Phi) is 10.2. The van der Waals surface area contributed by atoms with Crippen molar-refractivity contribution in [3.05, 3.63) is 0 Å². The Labute approximate surface area is 99.3 Å². The summed E-state index contributed by atoms with van der Waals surface area (Å²) in [5, 5.41) is 0. The highest BCUT2D eigenvalue weighted by Gasteiger charge is 2.39. The van der Waals surface area contributed by atoms with Gasteiger partial charge >= 0.3 is 8.80 Å². The summed E-state index contributed by atoms with van der Waals surface area (Å²) in [5.74, 6) is 0. The Hall–Kier alpha value is 0.0169. The van der Waals surface area contributed by atoms with Gasteiger partial charge in [-0.3, -0.25) is 0 Å². The van der Waals surface area contributed by atoms with E-state index >= 15 is 0 Å². The van der Waals surface area contributed by atoms with Gasteiger partial charge in [-0.25, -0.2) is 0 Å². The first-order chi connectivity index (χ1) is 7.74. The van der Waals surface area contributed by atoms with Gasteiger partial charge in [0, 0.05) is 33.0 Å². The van der Waals surface area contributed by atoms with Crippen LogP contribution in [0.4, 0.5) is 0 Å². The van der Waals surface area contributed by atoms with Crippen molar-refractivity contribution in [2.24, 2.45) is 0 Å². The number of methoxy groups -OCH3 is 1. The predicted molar refractivity (Wildman–Crippen MR) is 63.3 cm³/mol. The van der Waals surface area contributed by atoms with E-state index < -0.39 is 8.80 Å². The van der Waals surface area contributed by atoms with Crippen LogP contribution < -0.4 is 0 Å². The molecule has 0 spiro atoms. The Bertz CT molecular complexity index is 139. The fraction of sp³-hybridized carbons (Fsp3) is 1.00. The second-order valence-electron chi connectivity index (χ2n) is 3.05. The molecule has 6 heteroatoms.